The van der Waals surface area contributed by atoms with E-state index in [9.17, 15) is 9.50 Å². The van der Waals surface area contributed by atoms with Crippen molar-refractivity contribution in [2.45, 2.75) is 264 Å². The minimum absolute atomic E-state index is 0.0820. The Morgan fingerprint density at radius 3 is 0.695 bits per heavy atom. The molecule has 4 atom stereocenters. The molecule has 2 heteroatoms. The van der Waals surface area contributed by atoms with Gasteiger partial charge in [-0.3, -0.25) is 0 Å². The highest BCUT2D eigenvalue weighted by molar-refractivity contribution is 5.26. The van der Waals surface area contributed by atoms with Crippen molar-refractivity contribution < 1.29 is 9.50 Å². The molecule has 6 rings (SSSR count). The van der Waals surface area contributed by atoms with Crippen LogP contribution < -0.4 is 0 Å². The topological polar surface area (TPSA) is 20.2 Å². The van der Waals surface area contributed by atoms with E-state index in [1.807, 2.05) is 191 Å². The summed E-state index contributed by atoms with van der Waals surface area (Å²) in [6.45, 7) is 70.0. The van der Waals surface area contributed by atoms with Gasteiger partial charge < -0.3 is 5.11 Å². The Bertz CT molecular complexity index is 1970. The normalized spacial score (nSPS) is 12.0. The number of rotatable bonds is 6. The van der Waals surface area contributed by atoms with Gasteiger partial charge in [-0.1, -0.05) is 410 Å². The van der Waals surface area contributed by atoms with E-state index in [0.29, 0.717) is 34.0 Å². The summed E-state index contributed by atoms with van der Waals surface area (Å²) < 4.78 is 13.6. The lowest BCUT2D eigenvalue weighted by molar-refractivity contribution is 0.0627. The zero-order valence-corrected chi connectivity index (χ0v) is 60.0. The fourth-order valence-corrected chi connectivity index (χ4v) is 6.87. The first kappa shape index (κ1) is 88.4. The van der Waals surface area contributed by atoms with Crippen LogP contribution in [0.4, 0.5) is 4.39 Å². The fourth-order valence-electron chi connectivity index (χ4n) is 6.87. The molecule has 6 aromatic carbocycles. The molecule has 0 aliphatic carbocycles. The Labute approximate surface area is 513 Å². The number of aliphatic hydroxyl groups excluding tert-OH is 1. The molecule has 0 saturated carbocycles. The minimum Gasteiger partial charge on any atom is -0.388 e. The second kappa shape index (κ2) is 48.6. The molecule has 0 amide bonds. The van der Waals surface area contributed by atoms with Gasteiger partial charge in [0.05, 0.1) is 6.10 Å². The van der Waals surface area contributed by atoms with E-state index < -0.39 is 6.17 Å². The van der Waals surface area contributed by atoms with Crippen molar-refractivity contribution in [3.8, 4) is 0 Å². The molecule has 0 radical (unpaired) electrons. The van der Waals surface area contributed by atoms with Crippen LogP contribution in [0.15, 0.2) is 182 Å². The predicted molar refractivity (Wildman–Crippen MR) is 377 cm³/mol. The standard InChI is InChI=1S/C13H20.2C12H18.C11H15F.C11H16O.C9H12.6C2H6/c1-12(2,3)13(4,5)11-9-7-6-8-10-11;2*1-10(12(2,3)4)11-8-6-5-7-9-11;2*1-11(2,3)10(12)9-7-5-4-6-8-9;1-8(2)9-6-4-3-5-7-9;6*1-2/h6-10H,1-5H3;2*5-10H,1-4H3;4-8,10H,1-3H3;4-8,10,12H,1-3H3;3-8H,1-2H3;6*1-2H3. The maximum Gasteiger partial charge on any atom is 0.130 e. The average molecular weight is 1130 g/mol. The molecule has 82 heavy (non-hydrogen) atoms. The molecule has 6 aromatic rings. The van der Waals surface area contributed by atoms with E-state index in [0.717, 1.165) is 11.1 Å². The van der Waals surface area contributed by atoms with Crippen LogP contribution >= 0.6 is 0 Å². The van der Waals surface area contributed by atoms with E-state index in [1.54, 1.807) is 0 Å². The summed E-state index contributed by atoms with van der Waals surface area (Å²) >= 11 is 0. The molecule has 0 aliphatic rings. The third-order valence-electron chi connectivity index (χ3n) is 13.8. The van der Waals surface area contributed by atoms with Gasteiger partial charge in [0, 0.05) is 0 Å². The lowest BCUT2D eigenvalue weighted by Gasteiger charge is -2.39. The first-order valence-corrected chi connectivity index (χ1v) is 31.8. The molecule has 0 aliphatic heterocycles. The van der Waals surface area contributed by atoms with Crippen molar-refractivity contribution in [1.29, 1.82) is 0 Å². The van der Waals surface area contributed by atoms with Gasteiger partial charge >= 0.3 is 0 Å². The third-order valence-corrected chi connectivity index (χ3v) is 13.8. The second-order valence-corrected chi connectivity index (χ2v) is 25.1. The van der Waals surface area contributed by atoms with Crippen molar-refractivity contribution in [2.75, 3.05) is 0 Å². The lowest BCUT2D eigenvalue weighted by Crippen LogP contribution is -2.33. The number of aliphatic hydroxyl groups is 1. The van der Waals surface area contributed by atoms with Crippen LogP contribution in [0.3, 0.4) is 0 Å². The molecule has 0 heterocycles. The van der Waals surface area contributed by atoms with Crippen LogP contribution in [0.25, 0.3) is 0 Å². The number of hydrogen-bond acceptors (Lipinski definition) is 1. The number of benzene rings is 6. The molecular weight excluding hydrogens is 996 g/mol. The maximum atomic E-state index is 13.6. The molecule has 0 aromatic heterocycles. The van der Waals surface area contributed by atoms with Gasteiger partial charge in [-0.05, 0) is 83.6 Å². The summed E-state index contributed by atoms with van der Waals surface area (Å²) in [6.07, 6.45) is -1.25. The summed E-state index contributed by atoms with van der Waals surface area (Å²) in [5.41, 5.74) is 8.33. The first-order valence-electron chi connectivity index (χ1n) is 31.8. The highest BCUT2D eigenvalue weighted by Crippen LogP contribution is 2.41. The molecule has 0 bridgehead atoms. The van der Waals surface area contributed by atoms with Crippen molar-refractivity contribution in [3.05, 3.63) is 215 Å². The Hall–Kier alpha value is -4.79. The molecule has 1 nitrogen and oxygen atoms in total. The van der Waals surface area contributed by atoms with Crippen molar-refractivity contribution in [2.24, 2.45) is 27.1 Å². The summed E-state index contributed by atoms with van der Waals surface area (Å²) in [6, 6.07) is 61.7. The Morgan fingerprint density at radius 1 is 0.280 bits per heavy atom. The molecule has 0 spiro atoms. The van der Waals surface area contributed by atoms with Gasteiger partial charge in [-0.15, -0.1) is 0 Å². The van der Waals surface area contributed by atoms with E-state index in [-0.39, 0.29) is 22.3 Å². The highest BCUT2D eigenvalue weighted by atomic mass is 19.1. The van der Waals surface area contributed by atoms with Gasteiger partial charge in [-0.25, -0.2) is 4.39 Å². The van der Waals surface area contributed by atoms with E-state index in [2.05, 4.69) is 219 Å². The van der Waals surface area contributed by atoms with E-state index in [1.165, 1.54) is 22.3 Å². The molecule has 0 saturated heterocycles. The first-order chi connectivity index (χ1) is 38.2. The van der Waals surface area contributed by atoms with Gasteiger partial charge in [0.15, 0.2) is 0 Å². The third kappa shape index (κ3) is 39.6. The zero-order chi connectivity index (χ0) is 65.6. The Balaban J connectivity index is -0.000000204. The lowest BCUT2D eigenvalue weighted by atomic mass is 9.65. The largest absolute Gasteiger partial charge is 0.388 e. The fraction of sp³-hybridized carbons (Fsp3) is 0.550. The Morgan fingerprint density at radius 2 is 0.500 bits per heavy atom. The van der Waals surface area contributed by atoms with Crippen LogP contribution in [-0.4, -0.2) is 5.11 Å². The highest BCUT2D eigenvalue weighted by Gasteiger charge is 2.34. The van der Waals surface area contributed by atoms with Crippen LogP contribution in [0.2, 0.25) is 0 Å². The predicted octanol–water partition coefficient (Wildman–Crippen LogP) is 27.2. The smallest absolute Gasteiger partial charge is 0.130 e. The zero-order valence-electron chi connectivity index (χ0n) is 60.0. The SMILES string of the molecule is CC.CC.CC.CC.CC.CC.CC(C)(C)C(C)(C)c1ccccc1.CC(C)(C)C(F)c1ccccc1.CC(C)(C)C(O)c1ccccc1.CC(C)c1ccccc1.CC(c1ccccc1)C(C)(C)C.CC(c1ccccc1)C(C)(C)C. The molecule has 4 unspecified atom stereocenters. The second-order valence-electron chi connectivity index (χ2n) is 25.1. The van der Waals surface area contributed by atoms with E-state index >= 15 is 0 Å². The van der Waals surface area contributed by atoms with Crippen molar-refractivity contribution in [3.63, 3.8) is 0 Å². The number of halogens is 1. The van der Waals surface area contributed by atoms with Gasteiger partial charge in [0.2, 0.25) is 0 Å². The molecular formula is C80H135FO. The van der Waals surface area contributed by atoms with Crippen LogP contribution in [0.1, 0.15) is 292 Å². The summed E-state index contributed by atoms with van der Waals surface area (Å²) in [5.74, 6) is 1.91. The van der Waals surface area contributed by atoms with Crippen molar-refractivity contribution in [1.82, 2.24) is 0 Å². The Kier molecular flexibility index (Phi) is 52.4. The molecule has 0 fully saturated rings. The molecule has 1 N–H and O–H groups in total. The summed E-state index contributed by atoms with van der Waals surface area (Å²) in [5, 5.41) is 9.86. The van der Waals surface area contributed by atoms with Gasteiger partial charge in [0.1, 0.15) is 6.17 Å². The van der Waals surface area contributed by atoms with E-state index in [4.69, 9.17) is 0 Å². The van der Waals surface area contributed by atoms with Crippen LogP contribution in [0.5, 0.6) is 0 Å². The quantitative estimate of drug-likeness (QED) is 0.176. The summed E-state index contributed by atoms with van der Waals surface area (Å²) in [4.78, 5) is 0. The van der Waals surface area contributed by atoms with Crippen molar-refractivity contribution >= 4 is 0 Å². The number of hydrogen-bond donors (Lipinski definition) is 1. The van der Waals surface area contributed by atoms with Crippen LogP contribution in [0, 0.1) is 27.1 Å². The monoisotopic (exact) mass is 1130 g/mol. The average Bonchev–Trinajstić information content (AvgIpc) is 3.51. The van der Waals surface area contributed by atoms with Gasteiger partial charge in [0.25, 0.3) is 0 Å². The van der Waals surface area contributed by atoms with Gasteiger partial charge in [-0.2, -0.15) is 0 Å². The minimum atomic E-state index is -0.876. The van der Waals surface area contributed by atoms with Crippen LogP contribution in [-0.2, 0) is 5.41 Å². The summed E-state index contributed by atoms with van der Waals surface area (Å²) in [7, 11) is 0. The number of alkyl halides is 1. The maximum absolute atomic E-state index is 13.6. The molecule has 468 valence electrons.